The van der Waals surface area contributed by atoms with Gasteiger partial charge in [-0.05, 0) is 24.6 Å². The van der Waals surface area contributed by atoms with Crippen LogP contribution in [0.5, 0.6) is 5.88 Å². The molecule has 17 heavy (non-hydrogen) atoms. The molecule has 0 spiro atoms. The Bertz CT molecular complexity index is 712. The van der Waals surface area contributed by atoms with Crippen LogP contribution in [0.2, 0.25) is 0 Å². The van der Waals surface area contributed by atoms with Gasteiger partial charge >= 0.3 is 4.87 Å². The summed E-state index contributed by atoms with van der Waals surface area (Å²) in [7, 11) is -3.83. The van der Waals surface area contributed by atoms with Crippen molar-refractivity contribution in [3.8, 4) is 5.88 Å². The zero-order valence-corrected chi connectivity index (χ0v) is 10.4. The normalized spacial score (nSPS) is 11.6. The molecular weight excluding hydrogens is 262 g/mol. The molecule has 0 saturated carbocycles. The number of aryl methyl sites for hydroxylation is 1. The minimum Gasteiger partial charge on any atom is -0.493 e. The molecule has 0 bridgehead atoms. The highest BCUT2D eigenvalue weighted by atomic mass is 32.2. The van der Waals surface area contributed by atoms with Crippen molar-refractivity contribution in [2.75, 3.05) is 0 Å². The molecule has 0 aliphatic carbocycles. The van der Waals surface area contributed by atoms with Crippen LogP contribution in [0.4, 0.5) is 0 Å². The smallest absolute Gasteiger partial charge is 0.308 e. The Hall–Kier alpha value is -1.60. The summed E-state index contributed by atoms with van der Waals surface area (Å²) in [6.07, 6.45) is 0. The van der Waals surface area contributed by atoms with Crippen LogP contribution >= 0.6 is 11.3 Å². The Morgan fingerprint density at radius 2 is 2.06 bits per heavy atom. The van der Waals surface area contributed by atoms with E-state index in [-0.39, 0.29) is 9.10 Å². The maximum Gasteiger partial charge on any atom is 0.308 e. The SMILES string of the molecule is Cc1cccc(S(=O)(=O)c2sc(=O)[nH]c2O)c1. The van der Waals surface area contributed by atoms with E-state index >= 15 is 0 Å². The van der Waals surface area contributed by atoms with Gasteiger partial charge in [-0.15, -0.1) is 0 Å². The second-order valence-corrected chi connectivity index (χ2v) is 6.60. The number of thiazole rings is 1. The van der Waals surface area contributed by atoms with Crippen molar-refractivity contribution in [3.63, 3.8) is 0 Å². The molecule has 5 nitrogen and oxygen atoms in total. The van der Waals surface area contributed by atoms with Crippen LogP contribution < -0.4 is 4.87 Å². The average molecular weight is 271 g/mol. The van der Waals surface area contributed by atoms with E-state index in [4.69, 9.17) is 0 Å². The maximum absolute atomic E-state index is 12.1. The lowest BCUT2D eigenvalue weighted by atomic mass is 10.2. The average Bonchev–Trinajstić information content (AvgIpc) is 2.58. The van der Waals surface area contributed by atoms with E-state index in [0.29, 0.717) is 11.3 Å². The van der Waals surface area contributed by atoms with Crippen LogP contribution in [0, 0.1) is 6.92 Å². The number of nitrogens with one attached hydrogen (secondary N) is 1. The molecule has 0 aliphatic rings. The molecule has 2 aromatic rings. The van der Waals surface area contributed by atoms with Gasteiger partial charge in [0.15, 0.2) is 4.21 Å². The molecule has 7 heteroatoms. The van der Waals surface area contributed by atoms with Crippen LogP contribution in [0.1, 0.15) is 5.56 Å². The number of aromatic amines is 1. The highest BCUT2D eigenvalue weighted by Crippen LogP contribution is 2.29. The number of H-pyrrole nitrogens is 1. The standard InChI is InChI=1S/C10H9NO4S2/c1-6-3-2-4-7(5-6)17(14,15)9-8(12)11-10(13)16-9/h2-5,12H,1H3,(H,11,13). The fourth-order valence-electron chi connectivity index (χ4n) is 1.38. The number of hydrogen-bond acceptors (Lipinski definition) is 5. The van der Waals surface area contributed by atoms with Gasteiger partial charge in [-0.3, -0.25) is 9.78 Å². The summed E-state index contributed by atoms with van der Waals surface area (Å²) in [5, 5.41) is 9.37. The minimum absolute atomic E-state index is 0.0584. The third-order valence-electron chi connectivity index (χ3n) is 2.14. The fraction of sp³-hybridized carbons (Fsp3) is 0.100. The van der Waals surface area contributed by atoms with Gasteiger partial charge in [0.05, 0.1) is 4.90 Å². The van der Waals surface area contributed by atoms with E-state index in [2.05, 4.69) is 0 Å². The van der Waals surface area contributed by atoms with Crippen LogP contribution in [-0.4, -0.2) is 18.5 Å². The quantitative estimate of drug-likeness (QED) is 0.861. The highest BCUT2D eigenvalue weighted by molar-refractivity contribution is 7.93. The van der Waals surface area contributed by atoms with Crippen molar-refractivity contribution >= 4 is 21.2 Å². The van der Waals surface area contributed by atoms with E-state index in [0.717, 1.165) is 5.56 Å². The summed E-state index contributed by atoms with van der Waals surface area (Å²) in [5.41, 5.74) is 0.786. The van der Waals surface area contributed by atoms with E-state index < -0.39 is 20.6 Å². The van der Waals surface area contributed by atoms with Crippen LogP contribution in [0.25, 0.3) is 0 Å². The van der Waals surface area contributed by atoms with Crippen molar-refractivity contribution in [1.29, 1.82) is 0 Å². The molecule has 0 saturated heterocycles. The van der Waals surface area contributed by atoms with Gasteiger partial charge in [-0.25, -0.2) is 8.42 Å². The lowest BCUT2D eigenvalue weighted by molar-refractivity contribution is 0.442. The first-order valence-corrected chi connectivity index (χ1v) is 6.95. The third kappa shape index (κ3) is 2.11. The van der Waals surface area contributed by atoms with Crippen molar-refractivity contribution in [2.24, 2.45) is 0 Å². The van der Waals surface area contributed by atoms with Crippen LogP contribution in [0.3, 0.4) is 0 Å². The number of aromatic hydroxyl groups is 1. The third-order valence-corrected chi connectivity index (χ3v) is 5.27. The molecule has 0 amide bonds. The van der Waals surface area contributed by atoms with Crippen molar-refractivity contribution < 1.29 is 13.5 Å². The first-order valence-electron chi connectivity index (χ1n) is 4.65. The zero-order chi connectivity index (χ0) is 12.6. The molecular formula is C10H9NO4S2. The first-order chi connectivity index (χ1) is 7.91. The molecule has 1 heterocycles. The van der Waals surface area contributed by atoms with E-state index in [1.54, 1.807) is 19.1 Å². The summed E-state index contributed by atoms with van der Waals surface area (Å²) in [6.45, 7) is 1.76. The molecule has 0 fully saturated rings. The molecule has 1 aromatic carbocycles. The first kappa shape index (κ1) is 11.9. The summed E-state index contributed by atoms with van der Waals surface area (Å²) in [5.74, 6) is -0.610. The molecule has 2 rings (SSSR count). The Labute approximate surface area is 101 Å². The van der Waals surface area contributed by atoms with Crippen molar-refractivity contribution in [2.45, 2.75) is 16.0 Å². The summed E-state index contributed by atoms with van der Waals surface area (Å²) < 4.78 is 23.9. The molecule has 90 valence electrons. The van der Waals surface area contributed by atoms with Crippen molar-refractivity contribution in [3.05, 3.63) is 39.5 Å². The van der Waals surface area contributed by atoms with Crippen molar-refractivity contribution in [1.82, 2.24) is 4.98 Å². The molecule has 0 atom stereocenters. The number of rotatable bonds is 2. The Morgan fingerprint density at radius 1 is 1.35 bits per heavy atom. The zero-order valence-electron chi connectivity index (χ0n) is 8.80. The largest absolute Gasteiger partial charge is 0.493 e. The summed E-state index contributed by atoms with van der Waals surface area (Å²) >= 11 is 0.473. The Balaban J connectivity index is 2.66. The van der Waals surface area contributed by atoms with E-state index in [1.165, 1.54) is 12.1 Å². The van der Waals surface area contributed by atoms with E-state index in [1.807, 2.05) is 4.98 Å². The van der Waals surface area contributed by atoms with Gasteiger partial charge in [-0.1, -0.05) is 23.5 Å². The topological polar surface area (TPSA) is 87.2 Å². The molecule has 0 radical (unpaired) electrons. The summed E-state index contributed by atoms with van der Waals surface area (Å²) in [6, 6.07) is 6.28. The lowest BCUT2D eigenvalue weighted by Crippen LogP contribution is -2.00. The predicted molar refractivity (Wildman–Crippen MR) is 63.2 cm³/mol. The molecule has 0 unspecified atom stereocenters. The lowest BCUT2D eigenvalue weighted by Gasteiger charge is -2.02. The monoisotopic (exact) mass is 271 g/mol. The minimum atomic E-state index is -3.83. The maximum atomic E-state index is 12.1. The Kier molecular flexibility index (Phi) is 2.80. The number of sulfone groups is 1. The van der Waals surface area contributed by atoms with E-state index in [9.17, 15) is 18.3 Å². The number of benzene rings is 1. The van der Waals surface area contributed by atoms with Gasteiger partial charge in [0.2, 0.25) is 15.7 Å². The van der Waals surface area contributed by atoms with Crippen LogP contribution in [-0.2, 0) is 9.84 Å². The predicted octanol–water partition coefficient (Wildman–Crippen LogP) is 1.28. The molecule has 2 N–H and O–H groups in total. The van der Waals surface area contributed by atoms with Gasteiger partial charge in [0.25, 0.3) is 0 Å². The van der Waals surface area contributed by atoms with Gasteiger partial charge < -0.3 is 5.11 Å². The van der Waals surface area contributed by atoms with Gasteiger partial charge in [0.1, 0.15) is 0 Å². The number of hydrogen-bond donors (Lipinski definition) is 2. The van der Waals surface area contributed by atoms with Gasteiger partial charge in [0, 0.05) is 0 Å². The fourth-order valence-corrected chi connectivity index (χ4v) is 3.91. The molecule has 0 aliphatic heterocycles. The highest BCUT2D eigenvalue weighted by Gasteiger charge is 2.25. The van der Waals surface area contributed by atoms with Crippen LogP contribution in [0.15, 0.2) is 38.2 Å². The second kappa shape index (κ2) is 4.01. The van der Waals surface area contributed by atoms with Gasteiger partial charge in [-0.2, -0.15) is 0 Å². The molecule has 1 aromatic heterocycles. The Morgan fingerprint density at radius 3 is 2.59 bits per heavy atom. The second-order valence-electron chi connectivity index (χ2n) is 3.47. The summed E-state index contributed by atoms with van der Waals surface area (Å²) in [4.78, 5) is 12.5. The number of aromatic nitrogens is 1.